The van der Waals surface area contributed by atoms with Crippen LogP contribution in [0.4, 0.5) is 16.2 Å². The van der Waals surface area contributed by atoms with Crippen molar-refractivity contribution in [3.8, 4) is 0 Å². The van der Waals surface area contributed by atoms with Gasteiger partial charge in [0.05, 0.1) is 0 Å². The molecule has 7 nitrogen and oxygen atoms in total. The molecule has 0 aromatic heterocycles. The zero-order chi connectivity index (χ0) is 21.1. The fraction of sp³-hybridized carbons (Fsp3) is 0.261. The molecule has 2 aromatic carbocycles. The summed E-state index contributed by atoms with van der Waals surface area (Å²) in [5.74, 6) is -0.943. The van der Waals surface area contributed by atoms with E-state index in [2.05, 4.69) is 15.5 Å². The smallest absolute Gasteiger partial charge is 0.329 e. The normalized spacial score (nSPS) is 17.6. The van der Waals surface area contributed by atoms with Crippen molar-refractivity contribution < 1.29 is 14.4 Å². The van der Waals surface area contributed by atoms with Gasteiger partial charge < -0.3 is 15.5 Å². The van der Waals surface area contributed by atoms with Crippen LogP contribution in [0.25, 0.3) is 6.08 Å². The van der Waals surface area contributed by atoms with Gasteiger partial charge in [-0.05, 0) is 55.7 Å². The Kier molecular flexibility index (Phi) is 5.52. The summed E-state index contributed by atoms with van der Waals surface area (Å²) in [7, 11) is 0. The van der Waals surface area contributed by atoms with Gasteiger partial charge in [0.25, 0.3) is 5.91 Å². The third kappa shape index (κ3) is 4.35. The molecule has 7 heteroatoms. The van der Waals surface area contributed by atoms with E-state index in [9.17, 15) is 14.4 Å². The van der Waals surface area contributed by atoms with Crippen LogP contribution < -0.4 is 15.5 Å². The Hall–Kier alpha value is -3.61. The minimum absolute atomic E-state index is 0.164. The summed E-state index contributed by atoms with van der Waals surface area (Å²) in [4.78, 5) is 40.3. The van der Waals surface area contributed by atoms with Crippen molar-refractivity contribution in [1.29, 1.82) is 0 Å². The van der Waals surface area contributed by atoms with E-state index in [0.29, 0.717) is 5.69 Å². The van der Waals surface area contributed by atoms with Gasteiger partial charge in [0.2, 0.25) is 5.91 Å². The van der Waals surface area contributed by atoms with Crippen LogP contribution >= 0.6 is 0 Å². The standard InChI is InChI=1S/C23H24N4O3/c1-16-4-8-18(9-5-16)24-21(28)15-27-22(29)20(25-23(27)30)14-17-6-10-19(11-7-17)26-12-2-3-13-26/h4-11,14H,2-3,12-13,15H2,1H3,(H,24,28)(H,25,30)/b20-14+. The highest BCUT2D eigenvalue weighted by Crippen LogP contribution is 2.22. The van der Waals surface area contributed by atoms with Gasteiger partial charge in [-0.15, -0.1) is 0 Å². The highest BCUT2D eigenvalue weighted by molar-refractivity contribution is 6.15. The van der Waals surface area contributed by atoms with E-state index in [-0.39, 0.29) is 12.2 Å². The second kappa shape index (κ2) is 8.41. The van der Waals surface area contributed by atoms with Crippen LogP contribution in [0, 0.1) is 6.92 Å². The molecule has 0 aliphatic carbocycles. The molecule has 2 aromatic rings. The molecule has 2 aliphatic rings. The zero-order valence-electron chi connectivity index (χ0n) is 16.9. The van der Waals surface area contributed by atoms with Crippen molar-refractivity contribution in [1.82, 2.24) is 10.2 Å². The molecule has 0 bridgehead atoms. The number of carbonyl (C=O) groups is 3. The summed E-state index contributed by atoms with van der Waals surface area (Å²) < 4.78 is 0. The van der Waals surface area contributed by atoms with Crippen molar-refractivity contribution in [2.75, 3.05) is 29.9 Å². The number of nitrogens with zero attached hydrogens (tertiary/aromatic N) is 2. The monoisotopic (exact) mass is 404 g/mol. The summed E-state index contributed by atoms with van der Waals surface area (Å²) in [5, 5.41) is 5.25. The summed E-state index contributed by atoms with van der Waals surface area (Å²) in [5.41, 5.74) is 3.83. The molecular formula is C23H24N4O3. The Morgan fingerprint density at radius 3 is 2.37 bits per heavy atom. The first-order valence-corrected chi connectivity index (χ1v) is 10.1. The molecule has 30 heavy (non-hydrogen) atoms. The Bertz CT molecular complexity index is 990. The van der Waals surface area contributed by atoms with Crippen molar-refractivity contribution >= 4 is 35.3 Å². The summed E-state index contributed by atoms with van der Waals surface area (Å²) in [6.07, 6.45) is 4.05. The predicted octanol–water partition coefficient (Wildman–Crippen LogP) is 3.13. The molecule has 2 heterocycles. The molecule has 0 saturated carbocycles. The number of carbonyl (C=O) groups excluding carboxylic acids is 3. The number of benzene rings is 2. The lowest BCUT2D eigenvalue weighted by Gasteiger charge is -2.17. The number of imide groups is 1. The van der Waals surface area contributed by atoms with Gasteiger partial charge >= 0.3 is 6.03 Å². The molecular weight excluding hydrogens is 380 g/mol. The quantitative estimate of drug-likeness (QED) is 0.593. The van der Waals surface area contributed by atoms with Crippen molar-refractivity contribution in [3.63, 3.8) is 0 Å². The molecule has 0 radical (unpaired) electrons. The number of rotatable bonds is 5. The number of hydrogen-bond acceptors (Lipinski definition) is 4. The number of urea groups is 1. The van der Waals surface area contributed by atoms with E-state index in [1.807, 2.05) is 43.3 Å². The van der Waals surface area contributed by atoms with Gasteiger partial charge in [-0.1, -0.05) is 29.8 Å². The Balaban J connectivity index is 1.40. The number of aryl methyl sites for hydroxylation is 1. The largest absolute Gasteiger partial charge is 0.372 e. The van der Waals surface area contributed by atoms with E-state index in [4.69, 9.17) is 0 Å². The maximum atomic E-state index is 12.6. The first kappa shape index (κ1) is 19.7. The maximum absolute atomic E-state index is 12.6. The topological polar surface area (TPSA) is 81.8 Å². The van der Waals surface area contributed by atoms with E-state index in [1.165, 1.54) is 12.8 Å². The average molecular weight is 404 g/mol. The van der Waals surface area contributed by atoms with Gasteiger partial charge in [0, 0.05) is 24.5 Å². The Morgan fingerprint density at radius 1 is 1.03 bits per heavy atom. The first-order chi connectivity index (χ1) is 14.5. The molecule has 154 valence electrons. The minimum atomic E-state index is -0.598. The molecule has 2 aliphatic heterocycles. The van der Waals surface area contributed by atoms with Crippen LogP contribution in [0.5, 0.6) is 0 Å². The number of hydrogen-bond donors (Lipinski definition) is 2. The van der Waals surface area contributed by atoms with Gasteiger partial charge in [0.1, 0.15) is 12.2 Å². The van der Waals surface area contributed by atoms with Crippen LogP contribution in [0.2, 0.25) is 0 Å². The lowest BCUT2D eigenvalue weighted by atomic mass is 10.1. The van der Waals surface area contributed by atoms with Crippen LogP contribution in [0.15, 0.2) is 54.2 Å². The molecule has 0 spiro atoms. The number of amides is 4. The summed E-state index contributed by atoms with van der Waals surface area (Å²) >= 11 is 0. The molecule has 4 amide bonds. The highest BCUT2D eigenvalue weighted by atomic mass is 16.2. The van der Waals surface area contributed by atoms with E-state index < -0.39 is 17.8 Å². The molecule has 2 saturated heterocycles. The van der Waals surface area contributed by atoms with Crippen LogP contribution in [-0.2, 0) is 9.59 Å². The fourth-order valence-corrected chi connectivity index (χ4v) is 3.62. The van der Waals surface area contributed by atoms with E-state index >= 15 is 0 Å². The van der Waals surface area contributed by atoms with Crippen LogP contribution in [0.3, 0.4) is 0 Å². The third-order valence-corrected chi connectivity index (χ3v) is 5.27. The van der Waals surface area contributed by atoms with Crippen molar-refractivity contribution in [2.45, 2.75) is 19.8 Å². The summed E-state index contributed by atoms with van der Waals surface area (Å²) in [6, 6.07) is 14.6. The van der Waals surface area contributed by atoms with E-state index in [1.54, 1.807) is 18.2 Å². The molecule has 2 fully saturated rings. The average Bonchev–Trinajstić information content (AvgIpc) is 3.35. The molecule has 0 atom stereocenters. The van der Waals surface area contributed by atoms with Gasteiger partial charge in [0.15, 0.2) is 0 Å². The van der Waals surface area contributed by atoms with Crippen LogP contribution in [-0.4, -0.2) is 42.4 Å². The fourth-order valence-electron chi connectivity index (χ4n) is 3.62. The minimum Gasteiger partial charge on any atom is -0.372 e. The lowest BCUT2D eigenvalue weighted by molar-refractivity contribution is -0.127. The summed E-state index contributed by atoms with van der Waals surface area (Å²) in [6.45, 7) is 3.74. The number of nitrogens with one attached hydrogen (secondary N) is 2. The van der Waals surface area contributed by atoms with Gasteiger partial charge in [-0.2, -0.15) is 0 Å². The molecule has 4 rings (SSSR count). The second-order valence-electron chi connectivity index (χ2n) is 7.58. The van der Waals surface area contributed by atoms with Gasteiger partial charge in [-0.25, -0.2) is 9.69 Å². The van der Waals surface area contributed by atoms with Crippen LogP contribution in [0.1, 0.15) is 24.0 Å². The first-order valence-electron chi connectivity index (χ1n) is 10.1. The Labute approximate surface area is 175 Å². The second-order valence-corrected chi connectivity index (χ2v) is 7.58. The zero-order valence-corrected chi connectivity index (χ0v) is 16.9. The SMILES string of the molecule is Cc1ccc(NC(=O)CN2C(=O)N/C(=C/c3ccc(N4CCCC4)cc3)C2=O)cc1. The highest BCUT2D eigenvalue weighted by Gasteiger charge is 2.34. The maximum Gasteiger partial charge on any atom is 0.329 e. The lowest BCUT2D eigenvalue weighted by Crippen LogP contribution is -2.38. The number of anilines is 2. The van der Waals surface area contributed by atoms with Gasteiger partial charge in [-0.3, -0.25) is 9.59 Å². The third-order valence-electron chi connectivity index (χ3n) is 5.27. The van der Waals surface area contributed by atoms with E-state index in [0.717, 1.165) is 34.8 Å². The predicted molar refractivity (Wildman–Crippen MR) is 116 cm³/mol. The van der Waals surface area contributed by atoms with Crippen molar-refractivity contribution in [3.05, 3.63) is 65.4 Å². The molecule has 2 N–H and O–H groups in total. The Morgan fingerprint density at radius 2 is 1.70 bits per heavy atom. The molecule has 0 unspecified atom stereocenters. The van der Waals surface area contributed by atoms with Crippen molar-refractivity contribution in [2.24, 2.45) is 0 Å².